The Hall–Kier alpha value is -3.92. The van der Waals surface area contributed by atoms with Gasteiger partial charge in [0.05, 0.1) is 18.4 Å². The summed E-state index contributed by atoms with van der Waals surface area (Å²) >= 11 is 0. The van der Waals surface area contributed by atoms with E-state index in [1.807, 2.05) is 42.6 Å². The van der Waals surface area contributed by atoms with Gasteiger partial charge in [0.2, 0.25) is 0 Å². The largest absolute Gasteiger partial charge is 0.489 e. The number of hydrogen-bond acceptors (Lipinski definition) is 5. The van der Waals surface area contributed by atoms with Crippen LogP contribution in [0.1, 0.15) is 72.9 Å². The molecule has 3 aromatic heterocycles. The van der Waals surface area contributed by atoms with Crippen LogP contribution in [0.4, 0.5) is 18.9 Å². The van der Waals surface area contributed by atoms with Gasteiger partial charge in [0.1, 0.15) is 28.5 Å². The number of hydrogen-bond donors (Lipinski definition) is 1. The van der Waals surface area contributed by atoms with Crippen LogP contribution in [0.15, 0.2) is 67.0 Å². The Morgan fingerprint density at radius 2 is 1.78 bits per heavy atom. The molecule has 1 aliphatic rings. The zero-order chi connectivity index (χ0) is 29.0. The first-order valence-corrected chi connectivity index (χ1v) is 13.8. The topological polar surface area (TPSA) is 77.8 Å². The molecule has 7 nitrogen and oxygen atoms in total. The summed E-state index contributed by atoms with van der Waals surface area (Å²) in [6.07, 6.45) is 2.89. The van der Waals surface area contributed by atoms with E-state index < -0.39 is 17.8 Å². The second-order valence-electron chi connectivity index (χ2n) is 10.7. The van der Waals surface area contributed by atoms with E-state index in [1.54, 1.807) is 12.3 Å². The molecule has 41 heavy (non-hydrogen) atoms. The van der Waals surface area contributed by atoms with Gasteiger partial charge in [0.25, 0.3) is 5.91 Å². The molecule has 1 aromatic carbocycles. The van der Waals surface area contributed by atoms with Crippen molar-refractivity contribution in [2.75, 3.05) is 11.9 Å². The van der Waals surface area contributed by atoms with Gasteiger partial charge in [0.15, 0.2) is 0 Å². The molecule has 1 amide bonds. The quantitative estimate of drug-likeness (QED) is 0.230. The number of fused-ring (bicyclic) bond motifs is 1. The van der Waals surface area contributed by atoms with Crippen molar-refractivity contribution < 1.29 is 27.4 Å². The molecular formula is C31H33F3N4O3. The Morgan fingerprint density at radius 1 is 1.02 bits per heavy atom. The molecule has 0 radical (unpaired) electrons. The third-order valence-electron chi connectivity index (χ3n) is 7.19. The average molecular weight is 567 g/mol. The number of carbonyl (C=O) groups excluding carboxylic acids is 1. The van der Waals surface area contributed by atoms with Gasteiger partial charge in [-0.05, 0) is 63.1 Å². The molecule has 1 saturated carbocycles. The van der Waals surface area contributed by atoms with Gasteiger partial charge in [-0.3, -0.25) is 4.79 Å². The molecule has 1 N–H and O–H groups in total. The number of pyridine rings is 2. The van der Waals surface area contributed by atoms with Crippen LogP contribution in [0.2, 0.25) is 0 Å². The van der Waals surface area contributed by atoms with Crippen LogP contribution in [0, 0.1) is 5.92 Å². The van der Waals surface area contributed by atoms with Crippen LogP contribution < -0.4 is 10.1 Å². The predicted molar refractivity (Wildman–Crippen MR) is 149 cm³/mol. The van der Waals surface area contributed by atoms with Gasteiger partial charge in [-0.25, -0.2) is 9.97 Å². The number of amides is 1. The first-order chi connectivity index (χ1) is 19.7. The van der Waals surface area contributed by atoms with E-state index in [2.05, 4.69) is 22.4 Å². The number of alkyl halides is 3. The molecular weight excluding hydrogens is 533 g/mol. The lowest BCUT2D eigenvalue weighted by molar-refractivity contribution is -0.141. The highest BCUT2D eigenvalue weighted by Crippen LogP contribution is 2.37. The SMILES string of the molecule is CC(C)Oc1cc2nc(C3CCC(COCc4ccccc4)CC3)cn2cc1NC(=O)c1cccc(C(F)(F)F)n1. The third kappa shape index (κ3) is 7.24. The fourth-order valence-corrected chi connectivity index (χ4v) is 5.13. The van der Waals surface area contributed by atoms with E-state index >= 15 is 0 Å². The molecule has 3 heterocycles. The van der Waals surface area contributed by atoms with Crippen molar-refractivity contribution in [1.29, 1.82) is 0 Å². The number of ether oxygens (including phenoxy) is 2. The Kier molecular flexibility index (Phi) is 8.58. The zero-order valence-electron chi connectivity index (χ0n) is 23.0. The third-order valence-corrected chi connectivity index (χ3v) is 7.19. The first-order valence-electron chi connectivity index (χ1n) is 13.8. The van der Waals surface area contributed by atoms with Gasteiger partial charge in [-0.15, -0.1) is 0 Å². The number of imidazole rings is 1. The van der Waals surface area contributed by atoms with Crippen LogP contribution >= 0.6 is 0 Å². The number of carbonyl (C=O) groups is 1. The number of anilines is 1. The van der Waals surface area contributed by atoms with Gasteiger partial charge in [0, 0.05) is 31.0 Å². The number of benzene rings is 1. The van der Waals surface area contributed by atoms with Crippen molar-refractivity contribution in [3.05, 3.63) is 89.6 Å². The number of halogens is 3. The maximum Gasteiger partial charge on any atom is 0.433 e. The Morgan fingerprint density at radius 3 is 2.49 bits per heavy atom. The lowest BCUT2D eigenvalue weighted by Gasteiger charge is -2.27. The van der Waals surface area contributed by atoms with E-state index in [0.717, 1.165) is 50.1 Å². The van der Waals surface area contributed by atoms with Crippen molar-refractivity contribution in [2.45, 2.75) is 64.3 Å². The Balaban J connectivity index is 1.27. The number of aromatic nitrogens is 3. The minimum Gasteiger partial charge on any atom is -0.489 e. The maximum absolute atomic E-state index is 13.1. The summed E-state index contributed by atoms with van der Waals surface area (Å²) in [4.78, 5) is 21.2. The first kappa shape index (κ1) is 28.6. The monoisotopic (exact) mass is 566 g/mol. The zero-order valence-corrected chi connectivity index (χ0v) is 23.0. The molecule has 0 unspecified atom stereocenters. The van der Waals surface area contributed by atoms with Crippen molar-refractivity contribution in [2.24, 2.45) is 5.92 Å². The predicted octanol–water partition coefficient (Wildman–Crippen LogP) is 7.28. The molecule has 0 aliphatic heterocycles. The average Bonchev–Trinajstić information content (AvgIpc) is 3.36. The highest BCUT2D eigenvalue weighted by Gasteiger charge is 2.33. The molecule has 5 rings (SSSR count). The van der Waals surface area contributed by atoms with Crippen molar-refractivity contribution in [3.63, 3.8) is 0 Å². The van der Waals surface area contributed by atoms with E-state index in [9.17, 15) is 18.0 Å². The van der Waals surface area contributed by atoms with Gasteiger partial charge >= 0.3 is 6.18 Å². The molecule has 0 saturated heterocycles. The summed E-state index contributed by atoms with van der Waals surface area (Å²) in [7, 11) is 0. The molecule has 0 spiro atoms. The van der Waals surface area contributed by atoms with E-state index in [4.69, 9.17) is 14.5 Å². The smallest absolute Gasteiger partial charge is 0.433 e. The summed E-state index contributed by atoms with van der Waals surface area (Å²) in [5, 5.41) is 2.67. The van der Waals surface area contributed by atoms with Crippen molar-refractivity contribution >= 4 is 17.2 Å². The van der Waals surface area contributed by atoms with Crippen LogP contribution in [-0.2, 0) is 17.5 Å². The van der Waals surface area contributed by atoms with E-state index in [1.165, 1.54) is 11.6 Å². The normalized spacial score (nSPS) is 17.6. The Bertz CT molecular complexity index is 1480. The minimum absolute atomic E-state index is 0.200. The van der Waals surface area contributed by atoms with Crippen LogP contribution in [-0.4, -0.2) is 33.0 Å². The summed E-state index contributed by atoms with van der Waals surface area (Å²) in [6.45, 7) is 5.06. The van der Waals surface area contributed by atoms with Crippen molar-refractivity contribution in [1.82, 2.24) is 14.4 Å². The highest BCUT2D eigenvalue weighted by molar-refractivity contribution is 6.03. The lowest BCUT2D eigenvalue weighted by Crippen LogP contribution is -2.18. The molecule has 10 heteroatoms. The van der Waals surface area contributed by atoms with E-state index in [0.29, 0.717) is 35.5 Å². The van der Waals surface area contributed by atoms with Crippen LogP contribution in [0.3, 0.4) is 0 Å². The highest BCUT2D eigenvalue weighted by atomic mass is 19.4. The summed E-state index contributed by atoms with van der Waals surface area (Å²) < 4.78 is 53.0. The van der Waals surface area contributed by atoms with E-state index in [-0.39, 0.29) is 11.8 Å². The molecule has 1 fully saturated rings. The molecule has 0 bridgehead atoms. The summed E-state index contributed by atoms with van der Waals surface area (Å²) in [5.74, 6) is 0.438. The summed E-state index contributed by atoms with van der Waals surface area (Å²) in [6, 6.07) is 15.1. The second kappa shape index (κ2) is 12.3. The maximum atomic E-state index is 13.1. The Labute approximate surface area is 236 Å². The van der Waals surface area contributed by atoms with Crippen LogP contribution in [0.25, 0.3) is 5.65 Å². The molecule has 1 aliphatic carbocycles. The fraction of sp³-hybridized carbons (Fsp3) is 0.387. The number of nitrogens with zero attached hydrogens (tertiary/aromatic N) is 3. The number of rotatable bonds is 9. The van der Waals surface area contributed by atoms with Crippen LogP contribution in [0.5, 0.6) is 5.75 Å². The standard InChI is InChI=1S/C31H33F3N4O3/c1-20(2)41-27-15-29-36-25(23-13-11-22(12-14-23)19-40-18-21-7-4-3-5-8-21)16-38(29)17-26(27)37-30(39)24-9-6-10-28(35-24)31(32,33)34/h3-10,15-17,20,22-23H,11-14,18-19H2,1-2H3,(H,37,39). The van der Waals surface area contributed by atoms with Gasteiger partial charge in [-0.2, -0.15) is 13.2 Å². The molecule has 4 aromatic rings. The minimum atomic E-state index is -4.65. The fourth-order valence-electron chi connectivity index (χ4n) is 5.13. The summed E-state index contributed by atoms with van der Waals surface area (Å²) in [5.41, 5.74) is 1.65. The number of nitrogens with one attached hydrogen (secondary N) is 1. The molecule has 216 valence electrons. The second-order valence-corrected chi connectivity index (χ2v) is 10.7. The van der Waals surface area contributed by atoms with Crippen molar-refractivity contribution in [3.8, 4) is 5.75 Å². The molecule has 0 atom stereocenters. The van der Waals surface area contributed by atoms with Gasteiger partial charge in [-0.1, -0.05) is 36.4 Å². The lowest BCUT2D eigenvalue weighted by atomic mass is 9.81. The van der Waals surface area contributed by atoms with Gasteiger partial charge < -0.3 is 19.2 Å².